The number of fused-ring (bicyclic) bond motifs is 1. The van der Waals surface area contributed by atoms with Gasteiger partial charge in [0.1, 0.15) is 0 Å². The van der Waals surface area contributed by atoms with Crippen LogP contribution in [-0.2, 0) is 13.0 Å². The number of hydrogen-bond acceptors (Lipinski definition) is 3. The summed E-state index contributed by atoms with van der Waals surface area (Å²) in [4.78, 5) is 4.33. The van der Waals surface area contributed by atoms with Gasteiger partial charge in [-0.15, -0.1) is 11.3 Å². The van der Waals surface area contributed by atoms with Gasteiger partial charge in [-0.1, -0.05) is 26.7 Å². The van der Waals surface area contributed by atoms with Crippen LogP contribution in [0.4, 0.5) is 0 Å². The largest absolute Gasteiger partial charge is 0.329 e. The smallest absolute Gasteiger partial charge is 0.0335 e. The first-order valence-electron chi connectivity index (χ1n) is 8.65. The molecule has 1 saturated carbocycles. The predicted molar refractivity (Wildman–Crippen MR) is 91.6 cm³/mol. The molecule has 0 spiro atoms. The fraction of sp³-hybridized carbons (Fsp3) is 0.778. The lowest BCUT2D eigenvalue weighted by Crippen LogP contribution is -2.55. The second-order valence-electron chi connectivity index (χ2n) is 7.40. The van der Waals surface area contributed by atoms with Crippen molar-refractivity contribution in [2.24, 2.45) is 17.6 Å². The van der Waals surface area contributed by atoms with Gasteiger partial charge >= 0.3 is 0 Å². The highest BCUT2D eigenvalue weighted by Crippen LogP contribution is 2.39. The predicted octanol–water partition coefficient (Wildman–Crippen LogP) is 4.04. The van der Waals surface area contributed by atoms with Crippen molar-refractivity contribution in [3.05, 3.63) is 21.9 Å². The van der Waals surface area contributed by atoms with Crippen molar-refractivity contribution in [1.82, 2.24) is 4.90 Å². The van der Waals surface area contributed by atoms with Crippen LogP contribution in [-0.4, -0.2) is 23.5 Å². The molecule has 21 heavy (non-hydrogen) atoms. The monoisotopic (exact) mass is 306 g/mol. The van der Waals surface area contributed by atoms with E-state index in [1.807, 2.05) is 11.3 Å². The highest BCUT2D eigenvalue weighted by molar-refractivity contribution is 7.10. The standard InChI is InChI=1S/C18H30N2S/c1-14(2)15-4-3-8-18(13-19,9-5-15)20-10-6-17-16(12-20)7-11-21-17/h7,11,14-15H,3-6,8-10,12-13,19H2,1-2H3. The minimum Gasteiger partial charge on any atom is -0.329 e. The van der Waals surface area contributed by atoms with Crippen LogP contribution < -0.4 is 5.73 Å². The summed E-state index contributed by atoms with van der Waals surface area (Å²) in [6.07, 6.45) is 7.94. The van der Waals surface area contributed by atoms with E-state index in [-0.39, 0.29) is 5.54 Å². The van der Waals surface area contributed by atoms with E-state index >= 15 is 0 Å². The molecule has 118 valence electrons. The third-order valence-corrected chi connectivity index (χ3v) is 7.02. The minimum atomic E-state index is 0.267. The normalized spacial score (nSPS) is 31.1. The second-order valence-corrected chi connectivity index (χ2v) is 8.40. The van der Waals surface area contributed by atoms with Crippen LogP contribution in [0.1, 0.15) is 56.4 Å². The first-order chi connectivity index (χ1) is 10.1. The van der Waals surface area contributed by atoms with Gasteiger partial charge in [0.05, 0.1) is 0 Å². The van der Waals surface area contributed by atoms with Crippen LogP contribution in [0.15, 0.2) is 11.4 Å². The Kier molecular flexibility index (Phi) is 4.72. The van der Waals surface area contributed by atoms with Crippen LogP contribution in [0.25, 0.3) is 0 Å². The number of rotatable bonds is 3. The van der Waals surface area contributed by atoms with Crippen molar-refractivity contribution >= 4 is 11.3 Å². The van der Waals surface area contributed by atoms with E-state index in [9.17, 15) is 0 Å². The summed E-state index contributed by atoms with van der Waals surface area (Å²) in [6, 6.07) is 2.32. The SMILES string of the molecule is CC(C)C1CCCC(CN)(N2CCc3sccc3C2)CC1. The summed E-state index contributed by atoms with van der Waals surface area (Å²) in [6.45, 7) is 7.94. The lowest BCUT2D eigenvalue weighted by molar-refractivity contribution is 0.0634. The Labute approximate surface area is 133 Å². The van der Waals surface area contributed by atoms with Crippen molar-refractivity contribution < 1.29 is 0 Å². The Morgan fingerprint density at radius 3 is 3.00 bits per heavy atom. The van der Waals surface area contributed by atoms with Crippen LogP contribution >= 0.6 is 11.3 Å². The van der Waals surface area contributed by atoms with Gasteiger partial charge in [0.25, 0.3) is 0 Å². The van der Waals surface area contributed by atoms with Gasteiger partial charge in [0, 0.05) is 30.1 Å². The highest BCUT2D eigenvalue weighted by Gasteiger charge is 2.39. The van der Waals surface area contributed by atoms with Gasteiger partial charge in [-0.25, -0.2) is 0 Å². The van der Waals surface area contributed by atoms with E-state index in [2.05, 4.69) is 30.2 Å². The van der Waals surface area contributed by atoms with E-state index < -0.39 is 0 Å². The third kappa shape index (κ3) is 3.06. The van der Waals surface area contributed by atoms with E-state index in [0.29, 0.717) is 0 Å². The topological polar surface area (TPSA) is 29.3 Å². The molecule has 3 heteroatoms. The molecule has 2 unspecified atom stereocenters. The lowest BCUT2D eigenvalue weighted by atomic mass is 9.84. The molecule has 1 aliphatic carbocycles. The molecule has 2 aliphatic rings. The molecule has 1 aromatic heterocycles. The molecular weight excluding hydrogens is 276 g/mol. The fourth-order valence-corrected chi connectivity index (χ4v) is 5.28. The van der Waals surface area contributed by atoms with Crippen LogP contribution in [0, 0.1) is 11.8 Å². The molecule has 2 N–H and O–H groups in total. The number of hydrogen-bond donors (Lipinski definition) is 1. The molecule has 0 saturated heterocycles. The average Bonchev–Trinajstić information content (AvgIpc) is 2.84. The Balaban J connectivity index is 1.75. The van der Waals surface area contributed by atoms with E-state index in [0.717, 1.165) is 24.9 Å². The molecule has 0 amide bonds. The van der Waals surface area contributed by atoms with Gasteiger partial charge in [0.15, 0.2) is 0 Å². The van der Waals surface area contributed by atoms with Crippen LogP contribution in [0.5, 0.6) is 0 Å². The highest BCUT2D eigenvalue weighted by atomic mass is 32.1. The first-order valence-corrected chi connectivity index (χ1v) is 9.53. The molecule has 0 bridgehead atoms. The Morgan fingerprint density at radius 1 is 1.38 bits per heavy atom. The Hall–Kier alpha value is -0.380. The summed E-state index contributed by atoms with van der Waals surface area (Å²) in [5.74, 6) is 1.73. The summed E-state index contributed by atoms with van der Waals surface area (Å²) in [5.41, 5.74) is 8.14. The molecule has 1 aromatic rings. The molecule has 1 fully saturated rings. The van der Waals surface area contributed by atoms with E-state index in [1.54, 1.807) is 10.4 Å². The summed E-state index contributed by atoms with van der Waals surface area (Å²) in [5, 5.41) is 2.26. The van der Waals surface area contributed by atoms with Crippen molar-refractivity contribution in [3.63, 3.8) is 0 Å². The maximum Gasteiger partial charge on any atom is 0.0335 e. The van der Waals surface area contributed by atoms with Crippen molar-refractivity contribution in [3.8, 4) is 0 Å². The first kappa shape index (κ1) is 15.5. The van der Waals surface area contributed by atoms with Gasteiger partial charge in [-0.2, -0.15) is 0 Å². The molecule has 2 atom stereocenters. The maximum atomic E-state index is 6.32. The fourth-order valence-electron chi connectivity index (χ4n) is 4.39. The van der Waals surface area contributed by atoms with E-state index in [4.69, 9.17) is 5.73 Å². The molecule has 1 aliphatic heterocycles. The van der Waals surface area contributed by atoms with Gasteiger partial charge in [0.2, 0.25) is 0 Å². The molecule has 0 aromatic carbocycles. The second kappa shape index (κ2) is 6.39. The zero-order valence-electron chi connectivity index (χ0n) is 13.6. The lowest BCUT2D eigenvalue weighted by Gasteiger charge is -2.45. The van der Waals surface area contributed by atoms with E-state index in [1.165, 1.54) is 45.1 Å². The number of nitrogens with two attached hydrogens (primary N) is 1. The number of thiophene rings is 1. The number of nitrogens with zero attached hydrogens (tertiary/aromatic N) is 1. The summed E-state index contributed by atoms with van der Waals surface area (Å²) < 4.78 is 0. The van der Waals surface area contributed by atoms with Gasteiger partial charge in [-0.3, -0.25) is 4.90 Å². The maximum absolute atomic E-state index is 6.32. The quantitative estimate of drug-likeness (QED) is 0.854. The molecular formula is C18H30N2S. The van der Waals surface area contributed by atoms with Crippen molar-refractivity contribution in [2.45, 2.75) is 64.5 Å². The average molecular weight is 307 g/mol. The van der Waals surface area contributed by atoms with Crippen LogP contribution in [0.2, 0.25) is 0 Å². The van der Waals surface area contributed by atoms with Crippen LogP contribution in [0.3, 0.4) is 0 Å². The molecule has 0 radical (unpaired) electrons. The zero-order chi connectivity index (χ0) is 14.9. The zero-order valence-corrected chi connectivity index (χ0v) is 14.4. The Bertz CT molecular complexity index is 468. The molecule has 2 nitrogen and oxygen atoms in total. The minimum absolute atomic E-state index is 0.267. The summed E-state index contributed by atoms with van der Waals surface area (Å²) in [7, 11) is 0. The Morgan fingerprint density at radius 2 is 2.24 bits per heavy atom. The summed E-state index contributed by atoms with van der Waals surface area (Å²) >= 11 is 1.93. The third-order valence-electron chi connectivity index (χ3n) is 6.00. The molecule has 3 rings (SSSR count). The van der Waals surface area contributed by atoms with Crippen molar-refractivity contribution in [2.75, 3.05) is 13.1 Å². The van der Waals surface area contributed by atoms with Gasteiger partial charge < -0.3 is 5.73 Å². The van der Waals surface area contributed by atoms with Crippen molar-refractivity contribution in [1.29, 1.82) is 0 Å². The van der Waals surface area contributed by atoms with Gasteiger partial charge in [-0.05, 0) is 54.5 Å². The molecule has 2 heterocycles.